The molecule has 1 saturated heterocycles. The van der Waals surface area contributed by atoms with Crippen molar-refractivity contribution < 1.29 is 14.0 Å². The van der Waals surface area contributed by atoms with Gasteiger partial charge in [0.05, 0.1) is 11.8 Å². The summed E-state index contributed by atoms with van der Waals surface area (Å²) in [4.78, 5) is 45.4. The fraction of sp³-hybridized carbons (Fsp3) is 0.368. The first kappa shape index (κ1) is 18.0. The van der Waals surface area contributed by atoms with Gasteiger partial charge in [0.1, 0.15) is 6.54 Å². The number of hydrogen-bond donors (Lipinski definition) is 0. The van der Waals surface area contributed by atoms with Crippen molar-refractivity contribution in [2.75, 3.05) is 26.2 Å². The fourth-order valence-electron chi connectivity index (χ4n) is 3.53. The summed E-state index contributed by atoms with van der Waals surface area (Å²) in [5, 5.41) is 0. The summed E-state index contributed by atoms with van der Waals surface area (Å²) in [6.07, 6.45) is 3.10. The third-order valence-electron chi connectivity index (χ3n) is 5.04. The Hall–Kier alpha value is -3.36. The fourth-order valence-corrected chi connectivity index (χ4v) is 3.53. The number of pyridine rings is 1. The summed E-state index contributed by atoms with van der Waals surface area (Å²) < 4.78 is 8.18. The Morgan fingerprint density at radius 3 is 2.50 bits per heavy atom. The van der Waals surface area contributed by atoms with E-state index in [9.17, 15) is 14.4 Å². The van der Waals surface area contributed by atoms with Crippen molar-refractivity contribution in [2.24, 2.45) is 0 Å². The molecule has 0 aromatic carbocycles. The van der Waals surface area contributed by atoms with Crippen LogP contribution in [0.5, 0.6) is 0 Å². The quantitative estimate of drug-likeness (QED) is 0.664. The molecular formula is C19H21N5O4. The number of nitrogens with zero attached hydrogens (tertiary/aromatic N) is 5. The van der Waals surface area contributed by atoms with Crippen molar-refractivity contribution >= 4 is 23.0 Å². The van der Waals surface area contributed by atoms with Crippen LogP contribution in [0.3, 0.4) is 0 Å². The van der Waals surface area contributed by atoms with Crippen LogP contribution in [0.25, 0.3) is 11.2 Å². The van der Waals surface area contributed by atoms with E-state index in [-0.39, 0.29) is 24.0 Å². The van der Waals surface area contributed by atoms with E-state index in [0.29, 0.717) is 49.6 Å². The summed E-state index contributed by atoms with van der Waals surface area (Å²) in [6, 6.07) is 6.85. The Morgan fingerprint density at radius 2 is 1.82 bits per heavy atom. The lowest BCUT2D eigenvalue weighted by molar-refractivity contribution is -0.133. The van der Waals surface area contributed by atoms with Crippen LogP contribution in [0.15, 0.2) is 45.9 Å². The predicted molar refractivity (Wildman–Crippen MR) is 101 cm³/mol. The number of rotatable bonds is 4. The number of aryl methyl sites for hydroxylation is 1. The Kier molecular flexibility index (Phi) is 4.72. The Labute approximate surface area is 160 Å². The molecule has 0 aliphatic carbocycles. The highest BCUT2D eigenvalue weighted by atomic mass is 16.3. The van der Waals surface area contributed by atoms with Gasteiger partial charge in [0.15, 0.2) is 11.4 Å². The third kappa shape index (κ3) is 3.08. The maximum atomic E-state index is 12.8. The number of hydrogen-bond acceptors (Lipinski definition) is 5. The lowest BCUT2D eigenvalue weighted by Gasteiger charge is -2.34. The van der Waals surface area contributed by atoms with Crippen molar-refractivity contribution in [1.82, 2.24) is 23.9 Å². The van der Waals surface area contributed by atoms with Gasteiger partial charge >= 0.3 is 5.69 Å². The smallest absolute Gasteiger partial charge is 0.330 e. The molecule has 0 saturated carbocycles. The van der Waals surface area contributed by atoms with Crippen LogP contribution < -0.4 is 5.69 Å². The first-order valence-electron chi connectivity index (χ1n) is 9.24. The Balaban J connectivity index is 1.46. The SMILES string of the molecule is CCn1c(=O)n(CC(=O)N2CCN(C(=O)c3ccco3)CC2)c2cccnc21. The molecule has 1 aliphatic rings. The molecule has 9 nitrogen and oxygen atoms in total. The minimum absolute atomic E-state index is 0.0415. The molecule has 1 aliphatic heterocycles. The summed E-state index contributed by atoms with van der Waals surface area (Å²) in [7, 11) is 0. The molecule has 0 radical (unpaired) electrons. The first-order chi connectivity index (χ1) is 13.6. The number of aromatic nitrogens is 3. The second-order valence-electron chi connectivity index (χ2n) is 6.61. The normalized spacial score (nSPS) is 14.6. The lowest BCUT2D eigenvalue weighted by atomic mass is 10.2. The second-order valence-corrected chi connectivity index (χ2v) is 6.61. The van der Waals surface area contributed by atoms with Crippen LogP contribution in [0.4, 0.5) is 0 Å². The summed E-state index contributed by atoms with van der Waals surface area (Å²) >= 11 is 0. The average Bonchev–Trinajstić information content (AvgIpc) is 3.35. The summed E-state index contributed by atoms with van der Waals surface area (Å²) in [6.45, 7) is 4.02. The molecule has 0 bridgehead atoms. The predicted octanol–water partition coefficient (Wildman–Crippen LogP) is 0.795. The van der Waals surface area contributed by atoms with Crippen LogP contribution in [0.1, 0.15) is 17.5 Å². The van der Waals surface area contributed by atoms with E-state index in [1.165, 1.54) is 10.8 Å². The van der Waals surface area contributed by atoms with Gasteiger partial charge in [-0.1, -0.05) is 0 Å². The Bertz CT molecular complexity index is 1060. The number of fused-ring (bicyclic) bond motifs is 1. The molecule has 28 heavy (non-hydrogen) atoms. The van der Waals surface area contributed by atoms with Crippen LogP contribution in [0.2, 0.25) is 0 Å². The zero-order valence-corrected chi connectivity index (χ0v) is 15.6. The van der Waals surface area contributed by atoms with Crippen LogP contribution in [0, 0.1) is 0 Å². The van der Waals surface area contributed by atoms with Crippen molar-refractivity contribution in [2.45, 2.75) is 20.0 Å². The van der Waals surface area contributed by atoms with E-state index < -0.39 is 0 Å². The van der Waals surface area contributed by atoms with Crippen molar-refractivity contribution in [3.05, 3.63) is 53.0 Å². The zero-order valence-electron chi connectivity index (χ0n) is 15.6. The summed E-state index contributed by atoms with van der Waals surface area (Å²) in [5.74, 6) is -0.0252. The van der Waals surface area contributed by atoms with Crippen molar-refractivity contribution in [3.63, 3.8) is 0 Å². The van der Waals surface area contributed by atoms with Crippen molar-refractivity contribution in [3.8, 4) is 0 Å². The van der Waals surface area contributed by atoms with Gasteiger partial charge in [-0.15, -0.1) is 0 Å². The zero-order chi connectivity index (χ0) is 19.7. The van der Waals surface area contributed by atoms with Gasteiger partial charge in [0.2, 0.25) is 5.91 Å². The first-order valence-corrected chi connectivity index (χ1v) is 9.24. The van der Waals surface area contributed by atoms with Gasteiger partial charge in [-0.05, 0) is 31.2 Å². The van der Waals surface area contributed by atoms with Gasteiger partial charge in [-0.2, -0.15) is 0 Å². The second kappa shape index (κ2) is 7.34. The molecule has 0 unspecified atom stereocenters. The van der Waals surface area contributed by atoms with E-state index in [0.717, 1.165) is 0 Å². The van der Waals surface area contributed by atoms with Gasteiger partial charge in [-0.3, -0.25) is 18.7 Å². The number of furan rings is 1. The standard InChI is InChI=1S/C19H21N5O4/c1-2-23-17-14(5-3-7-20-17)24(19(23)27)13-16(25)21-8-10-22(11-9-21)18(26)15-6-4-12-28-15/h3-7,12H,2,8-11,13H2,1H3. The maximum absolute atomic E-state index is 12.8. The molecule has 0 atom stereocenters. The minimum Gasteiger partial charge on any atom is -0.459 e. The molecule has 3 aromatic rings. The van der Waals surface area contributed by atoms with Gasteiger partial charge in [0.25, 0.3) is 5.91 Å². The molecule has 3 aromatic heterocycles. The molecule has 2 amide bonds. The number of imidazole rings is 1. The molecule has 4 rings (SSSR count). The molecule has 1 fully saturated rings. The van der Waals surface area contributed by atoms with E-state index >= 15 is 0 Å². The highest BCUT2D eigenvalue weighted by Crippen LogP contribution is 2.12. The monoisotopic (exact) mass is 383 g/mol. The Morgan fingerprint density at radius 1 is 1.07 bits per heavy atom. The highest BCUT2D eigenvalue weighted by molar-refractivity contribution is 5.91. The molecule has 9 heteroatoms. The number of amides is 2. The molecule has 0 N–H and O–H groups in total. The van der Waals surface area contributed by atoms with Crippen molar-refractivity contribution in [1.29, 1.82) is 0 Å². The lowest BCUT2D eigenvalue weighted by Crippen LogP contribution is -2.51. The highest BCUT2D eigenvalue weighted by Gasteiger charge is 2.27. The maximum Gasteiger partial charge on any atom is 0.330 e. The average molecular weight is 383 g/mol. The molecule has 4 heterocycles. The van der Waals surface area contributed by atoms with E-state index in [1.807, 2.05) is 6.92 Å². The number of piperazine rings is 1. The van der Waals surface area contributed by atoms with E-state index in [1.54, 1.807) is 44.8 Å². The van der Waals surface area contributed by atoms with Crippen LogP contribution in [-0.2, 0) is 17.9 Å². The number of carbonyl (C=O) groups is 2. The molecule has 0 spiro atoms. The largest absolute Gasteiger partial charge is 0.459 e. The van der Waals surface area contributed by atoms with Gasteiger partial charge < -0.3 is 14.2 Å². The van der Waals surface area contributed by atoms with Gasteiger partial charge in [0, 0.05) is 38.9 Å². The third-order valence-corrected chi connectivity index (χ3v) is 5.04. The van der Waals surface area contributed by atoms with Crippen LogP contribution >= 0.6 is 0 Å². The topological polar surface area (TPSA) is 93.6 Å². The van der Waals surface area contributed by atoms with Crippen LogP contribution in [-0.4, -0.2) is 61.9 Å². The van der Waals surface area contributed by atoms with E-state index in [4.69, 9.17) is 4.42 Å². The van der Waals surface area contributed by atoms with Gasteiger partial charge in [-0.25, -0.2) is 9.78 Å². The minimum atomic E-state index is -0.240. The number of carbonyl (C=O) groups excluding carboxylic acids is 2. The molecule has 146 valence electrons. The molecular weight excluding hydrogens is 362 g/mol. The van der Waals surface area contributed by atoms with E-state index in [2.05, 4.69) is 4.98 Å². The summed E-state index contributed by atoms with van der Waals surface area (Å²) in [5.41, 5.74) is 0.988.